The van der Waals surface area contributed by atoms with Crippen LogP contribution in [0.4, 0.5) is 0 Å². The molecule has 1 rings (SSSR count). The van der Waals surface area contributed by atoms with E-state index < -0.39 is 0 Å². The molecule has 3 N–H and O–H groups in total. The zero-order valence-electron chi connectivity index (χ0n) is 11.4. The molecule has 0 aromatic heterocycles. The smallest absolute Gasteiger partial charge is 0.0460 e. The maximum absolute atomic E-state index is 5.67. The summed E-state index contributed by atoms with van der Waals surface area (Å²) in [5, 5.41) is 0. The first kappa shape index (κ1) is 14.2. The first-order valence-electron chi connectivity index (χ1n) is 6.72. The first-order chi connectivity index (χ1) is 8.17. The van der Waals surface area contributed by atoms with Crippen LogP contribution >= 0.6 is 0 Å². The molecule has 96 valence electrons. The van der Waals surface area contributed by atoms with Crippen LogP contribution in [0.15, 0.2) is 24.3 Å². The van der Waals surface area contributed by atoms with Gasteiger partial charge < -0.3 is 0 Å². The van der Waals surface area contributed by atoms with Gasteiger partial charge in [-0.25, -0.2) is 0 Å². The molecule has 0 saturated carbocycles. The second kappa shape index (κ2) is 7.46. The van der Waals surface area contributed by atoms with Crippen LogP contribution in [0, 0.1) is 5.92 Å². The fraction of sp³-hybridized carbons (Fsp3) is 0.600. The SMILES string of the molecule is CCCc1cccc(C(CCC(C)C)NN)c1. The highest BCUT2D eigenvalue weighted by Crippen LogP contribution is 2.21. The molecule has 0 spiro atoms. The molecule has 2 nitrogen and oxygen atoms in total. The number of hydrogen-bond acceptors (Lipinski definition) is 2. The lowest BCUT2D eigenvalue weighted by Gasteiger charge is -2.18. The van der Waals surface area contributed by atoms with Gasteiger partial charge in [0.05, 0.1) is 0 Å². The third-order valence-electron chi connectivity index (χ3n) is 3.13. The highest BCUT2D eigenvalue weighted by molar-refractivity contribution is 5.26. The quantitative estimate of drug-likeness (QED) is 0.559. The van der Waals surface area contributed by atoms with Crippen molar-refractivity contribution in [2.24, 2.45) is 11.8 Å². The molecule has 1 aromatic carbocycles. The van der Waals surface area contributed by atoms with Gasteiger partial charge in [0.25, 0.3) is 0 Å². The van der Waals surface area contributed by atoms with Crippen LogP contribution in [0.2, 0.25) is 0 Å². The Bertz CT molecular complexity index is 320. The van der Waals surface area contributed by atoms with Crippen molar-refractivity contribution in [1.82, 2.24) is 5.43 Å². The molecule has 1 unspecified atom stereocenters. The second-order valence-electron chi connectivity index (χ2n) is 5.19. The maximum atomic E-state index is 5.67. The fourth-order valence-electron chi connectivity index (χ4n) is 2.10. The van der Waals surface area contributed by atoms with Crippen LogP contribution in [0.1, 0.15) is 57.2 Å². The van der Waals surface area contributed by atoms with Crippen molar-refractivity contribution in [3.05, 3.63) is 35.4 Å². The summed E-state index contributed by atoms with van der Waals surface area (Å²) in [6.07, 6.45) is 4.64. The minimum Gasteiger partial charge on any atom is -0.271 e. The standard InChI is InChI=1S/C15H26N2/c1-4-6-13-7-5-8-14(11-13)15(17-16)10-9-12(2)3/h5,7-8,11-12,15,17H,4,6,9-10,16H2,1-3H3. The largest absolute Gasteiger partial charge is 0.271 e. The predicted molar refractivity (Wildman–Crippen MR) is 74.6 cm³/mol. The number of aryl methyl sites for hydroxylation is 1. The molecule has 0 aliphatic heterocycles. The normalized spacial score (nSPS) is 13.0. The summed E-state index contributed by atoms with van der Waals surface area (Å²) in [6, 6.07) is 9.08. The molecule has 0 fully saturated rings. The summed E-state index contributed by atoms with van der Waals surface area (Å²) in [4.78, 5) is 0. The van der Waals surface area contributed by atoms with E-state index in [0.29, 0.717) is 0 Å². The average molecular weight is 234 g/mol. The monoisotopic (exact) mass is 234 g/mol. The van der Waals surface area contributed by atoms with Crippen molar-refractivity contribution < 1.29 is 0 Å². The van der Waals surface area contributed by atoms with Gasteiger partial charge in [-0.3, -0.25) is 11.3 Å². The molecule has 0 amide bonds. The molecular weight excluding hydrogens is 208 g/mol. The van der Waals surface area contributed by atoms with Gasteiger partial charge in [-0.1, -0.05) is 51.5 Å². The Labute approximate surface area is 106 Å². The highest BCUT2D eigenvalue weighted by Gasteiger charge is 2.10. The molecule has 0 radical (unpaired) electrons. The summed E-state index contributed by atoms with van der Waals surface area (Å²) >= 11 is 0. The van der Waals surface area contributed by atoms with E-state index in [2.05, 4.69) is 50.5 Å². The van der Waals surface area contributed by atoms with Gasteiger partial charge in [0.2, 0.25) is 0 Å². The van der Waals surface area contributed by atoms with Gasteiger partial charge in [-0.05, 0) is 36.3 Å². The molecule has 1 aromatic rings. The van der Waals surface area contributed by atoms with Crippen molar-refractivity contribution in [3.63, 3.8) is 0 Å². The van der Waals surface area contributed by atoms with Crippen molar-refractivity contribution >= 4 is 0 Å². The third kappa shape index (κ3) is 4.88. The first-order valence-corrected chi connectivity index (χ1v) is 6.72. The number of nitrogens with one attached hydrogen (secondary N) is 1. The number of nitrogens with two attached hydrogens (primary N) is 1. The molecule has 0 aliphatic carbocycles. The second-order valence-corrected chi connectivity index (χ2v) is 5.19. The van der Waals surface area contributed by atoms with Crippen molar-refractivity contribution in [1.29, 1.82) is 0 Å². The Balaban J connectivity index is 2.69. The van der Waals surface area contributed by atoms with Gasteiger partial charge in [-0.2, -0.15) is 0 Å². The fourth-order valence-corrected chi connectivity index (χ4v) is 2.10. The van der Waals surface area contributed by atoms with E-state index in [1.165, 1.54) is 24.0 Å². The Morgan fingerprint density at radius 2 is 2.00 bits per heavy atom. The van der Waals surface area contributed by atoms with E-state index in [1.54, 1.807) is 0 Å². The molecule has 0 bridgehead atoms. The Morgan fingerprint density at radius 3 is 2.59 bits per heavy atom. The lowest BCUT2D eigenvalue weighted by Crippen LogP contribution is -2.28. The molecule has 2 heteroatoms. The third-order valence-corrected chi connectivity index (χ3v) is 3.13. The van der Waals surface area contributed by atoms with E-state index in [9.17, 15) is 0 Å². The van der Waals surface area contributed by atoms with Crippen LogP contribution in [0.5, 0.6) is 0 Å². The Kier molecular flexibility index (Phi) is 6.23. The minimum absolute atomic E-state index is 0.286. The zero-order chi connectivity index (χ0) is 12.7. The minimum atomic E-state index is 0.286. The van der Waals surface area contributed by atoms with Crippen LogP contribution < -0.4 is 11.3 Å². The van der Waals surface area contributed by atoms with Crippen LogP contribution in [0.3, 0.4) is 0 Å². The van der Waals surface area contributed by atoms with Crippen molar-refractivity contribution in [2.75, 3.05) is 0 Å². The summed E-state index contributed by atoms with van der Waals surface area (Å²) in [7, 11) is 0. The average Bonchev–Trinajstić information content (AvgIpc) is 2.30. The number of benzene rings is 1. The Morgan fingerprint density at radius 1 is 1.24 bits per heavy atom. The van der Waals surface area contributed by atoms with Gasteiger partial charge in [-0.15, -0.1) is 0 Å². The lowest BCUT2D eigenvalue weighted by molar-refractivity contribution is 0.448. The highest BCUT2D eigenvalue weighted by atomic mass is 15.2. The topological polar surface area (TPSA) is 38.0 Å². The van der Waals surface area contributed by atoms with Gasteiger partial charge in [0, 0.05) is 6.04 Å². The maximum Gasteiger partial charge on any atom is 0.0460 e. The van der Waals surface area contributed by atoms with E-state index in [-0.39, 0.29) is 6.04 Å². The predicted octanol–water partition coefficient (Wildman–Crippen LogP) is 3.58. The van der Waals surface area contributed by atoms with Gasteiger partial charge >= 0.3 is 0 Å². The molecule has 1 atom stereocenters. The number of rotatable bonds is 7. The van der Waals surface area contributed by atoms with E-state index in [1.807, 2.05) is 0 Å². The van der Waals surface area contributed by atoms with Crippen LogP contribution in [0.25, 0.3) is 0 Å². The van der Waals surface area contributed by atoms with E-state index >= 15 is 0 Å². The molecule has 17 heavy (non-hydrogen) atoms. The van der Waals surface area contributed by atoms with Crippen molar-refractivity contribution in [3.8, 4) is 0 Å². The molecule has 0 saturated heterocycles. The summed E-state index contributed by atoms with van der Waals surface area (Å²) in [5.74, 6) is 6.39. The molecule has 0 aliphatic rings. The Hall–Kier alpha value is -0.860. The van der Waals surface area contributed by atoms with E-state index in [0.717, 1.165) is 18.8 Å². The van der Waals surface area contributed by atoms with Gasteiger partial charge in [0.1, 0.15) is 0 Å². The lowest BCUT2D eigenvalue weighted by atomic mass is 9.96. The van der Waals surface area contributed by atoms with Gasteiger partial charge in [0.15, 0.2) is 0 Å². The van der Waals surface area contributed by atoms with E-state index in [4.69, 9.17) is 5.84 Å². The zero-order valence-corrected chi connectivity index (χ0v) is 11.4. The summed E-state index contributed by atoms with van der Waals surface area (Å²) < 4.78 is 0. The summed E-state index contributed by atoms with van der Waals surface area (Å²) in [5.41, 5.74) is 5.67. The summed E-state index contributed by atoms with van der Waals surface area (Å²) in [6.45, 7) is 6.71. The molecular formula is C15H26N2. The molecule has 0 heterocycles. The number of hydrazine groups is 1. The number of hydrogen-bond donors (Lipinski definition) is 2. The van der Waals surface area contributed by atoms with Crippen molar-refractivity contribution in [2.45, 2.75) is 52.5 Å². The van der Waals surface area contributed by atoms with Crippen LogP contribution in [-0.2, 0) is 6.42 Å². The van der Waals surface area contributed by atoms with Crippen LogP contribution in [-0.4, -0.2) is 0 Å².